The minimum Gasteiger partial charge on any atom is -0.468 e. The first kappa shape index (κ1) is 11.9. The molecule has 2 N–H and O–H groups in total. The molecular formula is C9H14N2O3S. The van der Waals surface area contributed by atoms with Gasteiger partial charge >= 0.3 is 5.97 Å². The molecule has 0 aromatic carbocycles. The minimum atomic E-state index is -0.696. The van der Waals surface area contributed by atoms with Crippen LogP contribution in [0.2, 0.25) is 0 Å². The van der Waals surface area contributed by atoms with Gasteiger partial charge in [0.05, 0.1) is 17.5 Å². The van der Waals surface area contributed by atoms with Crippen molar-refractivity contribution in [3.8, 4) is 0 Å². The number of rotatable bonds is 4. The zero-order chi connectivity index (χ0) is 11.6. The van der Waals surface area contributed by atoms with Crippen molar-refractivity contribution in [1.29, 1.82) is 0 Å². The van der Waals surface area contributed by atoms with Gasteiger partial charge < -0.3 is 15.4 Å². The smallest absolute Gasteiger partial charge is 0.325 e. The number of likely N-dealkylation sites (N-methyl/N-ethyl adjacent to an activating group) is 1. The number of methoxy groups -OCH3 is 1. The molecule has 0 spiro atoms. The van der Waals surface area contributed by atoms with Crippen LogP contribution in [0.4, 0.5) is 0 Å². The van der Waals surface area contributed by atoms with Crippen LogP contribution in [0, 0.1) is 5.41 Å². The molecule has 1 aliphatic carbocycles. The maximum atomic E-state index is 11.9. The van der Waals surface area contributed by atoms with Gasteiger partial charge in [-0.1, -0.05) is 12.2 Å². The molecule has 1 saturated carbocycles. The fraction of sp³-hybridized carbons (Fsp3) is 0.667. The van der Waals surface area contributed by atoms with Crippen LogP contribution >= 0.6 is 12.2 Å². The first-order chi connectivity index (χ1) is 6.94. The summed E-state index contributed by atoms with van der Waals surface area (Å²) in [5.41, 5.74) is 4.81. The Bertz CT molecular complexity index is 312. The lowest BCUT2D eigenvalue weighted by Crippen LogP contribution is -2.43. The largest absolute Gasteiger partial charge is 0.468 e. The Labute approximate surface area is 93.5 Å². The monoisotopic (exact) mass is 230 g/mol. The molecule has 0 aliphatic heterocycles. The lowest BCUT2D eigenvalue weighted by Gasteiger charge is -2.21. The van der Waals surface area contributed by atoms with Crippen LogP contribution in [0.25, 0.3) is 0 Å². The maximum Gasteiger partial charge on any atom is 0.325 e. The van der Waals surface area contributed by atoms with E-state index in [1.165, 1.54) is 19.1 Å². The van der Waals surface area contributed by atoms with Crippen LogP contribution in [-0.4, -0.2) is 42.5 Å². The zero-order valence-electron chi connectivity index (χ0n) is 8.78. The van der Waals surface area contributed by atoms with Crippen molar-refractivity contribution in [3.63, 3.8) is 0 Å². The van der Waals surface area contributed by atoms with E-state index in [2.05, 4.69) is 4.74 Å². The average Bonchev–Trinajstić information content (AvgIpc) is 2.97. The maximum absolute atomic E-state index is 11.9. The van der Waals surface area contributed by atoms with Crippen molar-refractivity contribution in [2.75, 3.05) is 20.7 Å². The van der Waals surface area contributed by atoms with Crippen molar-refractivity contribution in [3.05, 3.63) is 0 Å². The van der Waals surface area contributed by atoms with Crippen molar-refractivity contribution in [1.82, 2.24) is 4.90 Å². The van der Waals surface area contributed by atoms with Gasteiger partial charge in [0.1, 0.15) is 6.54 Å². The molecule has 1 fully saturated rings. The van der Waals surface area contributed by atoms with Gasteiger partial charge in [-0.15, -0.1) is 0 Å². The normalized spacial score (nSPS) is 16.7. The fourth-order valence-electron chi connectivity index (χ4n) is 1.39. The number of esters is 1. The number of amides is 1. The van der Waals surface area contributed by atoms with E-state index in [9.17, 15) is 9.59 Å². The molecule has 6 heteroatoms. The van der Waals surface area contributed by atoms with Gasteiger partial charge in [0.15, 0.2) is 0 Å². The number of nitrogens with two attached hydrogens (primary N) is 1. The molecule has 1 aliphatic rings. The van der Waals surface area contributed by atoms with Gasteiger partial charge in [0.2, 0.25) is 5.91 Å². The molecule has 0 radical (unpaired) electrons. The number of carbonyl (C=O) groups is 2. The molecular weight excluding hydrogens is 216 g/mol. The van der Waals surface area contributed by atoms with Crippen LogP contribution in [-0.2, 0) is 14.3 Å². The summed E-state index contributed by atoms with van der Waals surface area (Å²) >= 11 is 4.85. The van der Waals surface area contributed by atoms with Gasteiger partial charge in [0, 0.05) is 7.05 Å². The number of nitrogens with zero attached hydrogens (tertiary/aromatic N) is 1. The van der Waals surface area contributed by atoms with Gasteiger partial charge in [-0.25, -0.2) is 0 Å². The summed E-state index contributed by atoms with van der Waals surface area (Å²) in [6.07, 6.45) is 1.35. The second-order valence-corrected chi connectivity index (χ2v) is 4.12. The lowest BCUT2D eigenvalue weighted by molar-refractivity contribution is -0.147. The van der Waals surface area contributed by atoms with E-state index in [-0.39, 0.29) is 17.4 Å². The Balaban J connectivity index is 2.61. The van der Waals surface area contributed by atoms with E-state index in [1.807, 2.05) is 0 Å². The highest BCUT2D eigenvalue weighted by Crippen LogP contribution is 2.47. The number of hydrogen-bond donors (Lipinski definition) is 1. The summed E-state index contributed by atoms with van der Waals surface area (Å²) < 4.78 is 4.47. The fourth-order valence-corrected chi connectivity index (χ4v) is 1.68. The Hall–Kier alpha value is -1.17. The molecule has 0 saturated heterocycles. The highest BCUT2D eigenvalue weighted by Gasteiger charge is 2.54. The minimum absolute atomic E-state index is 0.0697. The molecule has 5 nitrogen and oxygen atoms in total. The van der Waals surface area contributed by atoms with Crippen LogP contribution < -0.4 is 5.73 Å². The molecule has 15 heavy (non-hydrogen) atoms. The van der Waals surface area contributed by atoms with E-state index in [0.29, 0.717) is 12.8 Å². The molecule has 0 unspecified atom stereocenters. The Kier molecular flexibility index (Phi) is 3.28. The summed E-state index contributed by atoms with van der Waals surface area (Å²) in [5, 5.41) is 0. The molecule has 0 bridgehead atoms. The van der Waals surface area contributed by atoms with Crippen molar-refractivity contribution in [2.45, 2.75) is 12.8 Å². The first-order valence-electron chi connectivity index (χ1n) is 4.56. The predicted molar refractivity (Wildman–Crippen MR) is 58.1 cm³/mol. The van der Waals surface area contributed by atoms with Gasteiger partial charge in [-0.3, -0.25) is 9.59 Å². The number of thiocarbonyl (C=S) groups is 1. The quantitative estimate of drug-likeness (QED) is 0.529. The summed E-state index contributed by atoms with van der Waals surface area (Å²) in [6, 6.07) is 0. The summed E-state index contributed by atoms with van der Waals surface area (Å²) in [6.45, 7) is -0.0697. The molecule has 1 amide bonds. The SMILES string of the molecule is COC(=O)CN(C)C(=O)C1(C(N)=S)CC1. The van der Waals surface area contributed by atoms with Crippen LogP contribution in [0.15, 0.2) is 0 Å². The molecule has 84 valence electrons. The third-order valence-electron chi connectivity index (χ3n) is 2.57. The van der Waals surface area contributed by atoms with Crippen LogP contribution in [0.1, 0.15) is 12.8 Å². The highest BCUT2D eigenvalue weighted by molar-refractivity contribution is 7.80. The molecule has 0 atom stereocenters. The van der Waals surface area contributed by atoms with E-state index < -0.39 is 11.4 Å². The van der Waals surface area contributed by atoms with E-state index in [4.69, 9.17) is 18.0 Å². The first-order valence-corrected chi connectivity index (χ1v) is 4.97. The van der Waals surface area contributed by atoms with Gasteiger partial charge in [0.25, 0.3) is 0 Å². The van der Waals surface area contributed by atoms with Crippen molar-refractivity contribution < 1.29 is 14.3 Å². The molecule has 0 aromatic heterocycles. The number of hydrogen-bond acceptors (Lipinski definition) is 4. The third kappa shape index (κ3) is 2.26. The second-order valence-electron chi connectivity index (χ2n) is 3.68. The van der Waals surface area contributed by atoms with Gasteiger partial charge in [-0.2, -0.15) is 0 Å². The molecule has 1 rings (SSSR count). The van der Waals surface area contributed by atoms with Crippen molar-refractivity contribution >= 4 is 29.1 Å². The highest BCUT2D eigenvalue weighted by atomic mass is 32.1. The summed E-state index contributed by atoms with van der Waals surface area (Å²) in [7, 11) is 2.82. The van der Waals surface area contributed by atoms with E-state index >= 15 is 0 Å². The average molecular weight is 230 g/mol. The number of ether oxygens (including phenoxy) is 1. The summed E-state index contributed by atoms with van der Waals surface area (Å²) in [4.78, 5) is 24.4. The Morgan fingerprint density at radius 3 is 2.40 bits per heavy atom. The standard InChI is InChI=1S/C9H14N2O3S/c1-11(5-6(12)14-2)8(13)9(3-4-9)7(10)15/h3-5H2,1-2H3,(H2,10,15). The number of carbonyl (C=O) groups excluding carboxylic acids is 2. The second kappa shape index (κ2) is 4.14. The zero-order valence-corrected chi connectivity index (χ0v) is 9.60. The van der Waals surface area contributed by atoms with E-state index in [1.54, 1.807) is 0 Å². The molecule has 0 aromatic rings. The Morgan fingerprint density at radius 1 is 1.53 bits per heavy atom. The lowest BCUT2D eigenvalue weighted by atomic mass is 10.1. The third-order valence-corrected chi connectivity index (χ3v) is 2.96. The Morgan fingerprint density at radius 2 is 2.07 bits per heavy atom. The van der Waals surface area contributed by atoms with Crippen LogP contribution in [0.5, 0.6) is 0 Å². The van der Waals surface area contributed by atoms with Crippen molar-refractivity contribution in [2.24, 2.45) is 11.1 Å². The summed E-state index contributed by atoms with van der Waals surface area (Å²) in [5.74, 6) is -0.648. The van der Waals surface area contributed by atoms with Crippen LogP contribution in [0.3, 0.4) is 0 Å². The topological polar surface area (TPSA) is 72.6 Å². The predicted octanol–water partition coefficient (Wildman–Crippen LogP) is -0.316. The van der Waals surface area contributed by atoms with Gasteiger partial charge in [-0.05, 0) is 12.8 Å². The van der Waals surface area contributed by atoms with E-state index in [0.717, 1.165) is 0 Å². The molecule has 0 heterocycles.